The number of esters is 3. The molecule has 196 valence electrons. The highest BCUT2D eigenvalue weighted by Crippen LogP contribution is 2.21. The summed E-state index contributed by atoms with van der Waals surface area (Å²) in [4.78, 5) is 35.8. The Balaban J connectivity index is 1.82. The number of alkyl halides is 3. The molecule has 0 saturated heterocycles. The van der Waals surface area contributed by atoms with Crippen molar-refractivity contribution in [2.24, 2.45) is 0 Å². The van der Waals surface area contributed by atoms with E-state index < -0.39 is 36.1 Å². The van der Waals surface area contributed by atoms with E-state index in [0.29, 0.717) is 12.5 Å². The molecule has 0 saturated carbocycles. The second-order valence-corrected chi connectivity index (χ2v) is 8.09. The minimum atomic E-state index is -4.75. The molecule has 6 nitrogen and oxygen atoms in total. The first kappa shape index (κ1) is 28.8. The minimum Gasteiger partial charge on any atom is -0.452 e. The lowest BCUT2D eigenvalue weighted by atomic mass is 10.1. The molecule has 0 heterocycles. The summed E-state index contributed by atoms with van der Waals surface area (Å²) in [5.74, 6) is -3.95. The third kappa shape index (κ3) is 10.5. The number of unbranched alkanes of at least 4 members (excludes halogenated alkanes) is 6. The molecule has 0 aliphatic carbocycles. The number of rotatable bonds is 13. The fourth-order valence-corrected chi connectivity index (χ4v) is 3.18. The summed E-state index contributed by atoms with van der Waals surface area (Å²) in [7, 11) is 0. The normalized spacial score (nSPS) is 11.1. The van der Waals surface area contributed by atoms with Gasteiger partial charge in [-0.05, 0) is 42.8 Å². The second-order valence-electron chi connectivity index (χ2n) is 8.09. The van der Waals surface area contributed by atoms with Crippen LogP contribution in [0.15, 0.2) is 42.5 Å². The van der Waals surface area contributed by atoms with Crippen LogP contribution in [0.25, 0.3) is 0 Å². The van der Waals surface area contributed by atoms with Crippen molar-refractivity contribution in [2.45, 2.75) is 64.5 Å². The van der Waals surface area contributed by atoms with Crippen LogP contribution in [-0.4, -0.2) is 30.7 Å². The summed E-state index contributed by atoms with van der Waals surface area (Å²) in [6.07, 6.45) is 3.10. The summed E-state index contributed by atoms with van der Waals surface area (Å²) >= 11 is 0. The van der Waals surface area contributed by atoms with E-state index in [-0.39, 0.29) is 23.0 Å². The molecule has 0 radical (unpaired) electrons. The molecule has 10 heteroatoms. The Morgan fingerprint density at radius 1 is 0.778 bits per heavy atom. The number of carbonyl (C=O) groups is 3. The third-order valence-corrected chi connectivity index (χ3v) is 5.04. The summed E-state index contributed by atoms with van der Waals surface area (Å²) in [5.41, 5.74) is -0.655. The number of hydrogen-bond acceptors (Lipinski definition) is 6. The molecule has 0 amide bonds. The quantitative estimate of drug-likeness (QED) is 0.127. The average Bonchev–Trinajstić information content (AvgIpc) is 2.82. The fourth-order valence-electron chi connectivity index (χ4n) is 3.18. The van der Waals surface area contributed by atoms with E-state index in [1.807, 2.05) is 0 Å². The number of carbonyl (C=O) groups excluding carboxylic acids is 3. The van der Waals surface area contributed by atoms with Gasteiger partial charge in [-0.25, -0.2) is 14.0 Å². The van der Waals surface area contributed by atoms with E-state index >= 15 is 0 Å². The van der Waals surface area contributed by atoms with Gasteiger partial charge in [0, 0.05) is 12.5 Å². The molecule has 2 aromatic carbocycles. The molecule has 0 aliphatic rings. The van der Waals surface area contributed by atoms with Crippen LogP contribution >= 0.6 is 0 Å². The molecule has 0 N–H and O–H groups in total. The zero-order valence-corrected chi connectivity index (χ0v) is 19.9. The van der Waals surface area contributed by atoms with Crippen LogP contribution in [0.5, 0.6) is 11.5 Å². The molecule has 2 rings (SSSR count). The highest BCUT2D eigenvalue weighted by Gasteiger charge is 2.30. The van der Waals surface area contributed by atoms with Gasteiger partial charge in [0.15, 0.2) is 6.61 Å². The monoisotopic (exact) mass is 512 g/mol. The molecule has 0 bridgehead atoms. The van der Waals surface area contributed by atoms with Crippen LogP contribution in [-0.2, 0) is 9.53 Å². The van der Waals surface area contributed by atoms with E-state index in [9.17, 15) is 31.9 Å². The maximum absolute atomic E-state index is 14.1. The Morgan fingerprint density at radius 2 is 1.39 bits per heavy atom. The lowest BCUT2D eigenvalue weighted by molar-refractivity contribution is -0.161. The average molecular weight is 512 g/mol. The molecule has 0 unspecified atom stereocenters. The smallest absolute Gasteiger partial charge is 0.422 e. The maximum atomic E-state index is 14.1. The van der Waals surface area contributed by atoms with Gasteiger partial charge in [-0.15, -0.1) is 0 Å². The zero-order chi connectivity index (χ0) is 26.6. The van der Waals surface area contributed by atoms with Crippen molar-refractivity contribution in [1.29, 1.82) is 0 Å². The van der Waals surface area contributed by atoms with Crippen molar-refractivity contribution in [1.82, 2.24) is 0 Å². The molecular formula is C26H28F4O6. The standard InChI is InChI=1S/C26H28F4O6/c1-2-3-4-5-6-7-8-9-23(31)35-19-12-10-18(11-13-19)24(32)36-20-14-15-21(22(27)16-20)25(33)34-17-26(28,29)30/h10-16H,2-9,17H2,1H3. The maximum Gasteiger partial charge on any atom is 0.422 e. The Labute approximate surface area is 206 Å². The topological polar surface area (TPSA) is 78.9 Å². The number of hydrogen-bond donors (Lipinski definition) is 0. The van der Waals surface area contributed by atoms with Crippen molar-refractivity contribution in [3.05, 3.63) is 59.4 Å². The zero-order valence-electron chi connectivity index (χ0n) is 19.9. The van der Waals surface area contributed by atoms with Gasteiger partial charge in [-0.2, -0.15) is 13.2 Å². The first-order valence-corrected chi connectivity index (χ1v) is 11.7. The van der Waals surface area contributed by atoms with Crippen molar-refractivity contribution in [3.8, 4) is 11.5 Å². The van der Waals surface area contributed by atoms with E-state index in [4.69, 9.17) is 9.47 Å². The Hall–Kier alpha value is -3.43. The minimum absolute atomic E-state index is 0.0796. The number of ether oxygens (including phenoxy) is 3. The van der Waals surface area contributed by atoms with Crippen LogP contribution in [0.3, 0.4) is 0 Å². The first-order chi connectivity index (χ1) is 17.1. The molecule has 0 aliphatic heterocycles. The number of halogens is 4. The molecule has 0 atom stereocenters. The van der Waals surface area contributed by atoms with Gasteiger partial charge in [0.2, 0.25) is 0 Å². The van der Waals surface area contributed by atoms with Crippen molar-refractivity contribution in [2.75, 3.05) is 6.61 Å². The fraction of sp³-hybridized carbons (Fsp3) is 0.423. The molecule has 0 spiro atoms. The molecule has 2 aromatic rings. The molecule has 0 fully saturated rings. The first-order valence-electron chi connectivity index (χ1n) is 11.7. The SMILES string of the molecule is CCCCCCCCCC(=O)Oc1ccc(C(=O)Oc2ccc(C(=O)OCC(F)(F)F)c(F)c2)cc1. The highest BCUT2D eigenvalue weighted by molar-refractivity contribution is 5.92. The van der Waals surface area contributed by atoms with Gasteiger partial charge in [-0.1, -0.05) is 45.4 Å². The summed E-state index contributed by atoms with van der Waals surface area (Å²) in [6, 6.07) is 8.13. The van der Waals surface area contributed by atoms with Gasteiger partial charge in [-0.3, -0.25) is 4.79 Å². The lowest BCUT2D eigenvalue weighted by Gasteiger charge is -2.10. The van der Waals surface area contributed by atoms with Crippen LogP contribution in [0.2, 0.25) is 0 Å². The van der Waals surface area contributed by atoms with Crippen LogP contribution in [0.4, 0.5) is 17.6 Å². The second kappa shape index (κ2) is 14.2. The van der Waals surface area contributed by atoms with E-state index in [1.165, 1.54) is 43.5 Å². The van der Waals surface area contributed by atoms with Crippen LogP contribution < -0.4 is 9.47 Å². The van der Waals surface area contributed by atoms with Gasteiger partial charge < -0.3 is 14.2 Å². The van der Waals surface area contributed by atoms with Crippen LogP contribution in [0, 0.1) is 5.82 Å². The van der Waals surface area contributed by atoms with Crippen LogP contribution in [0.1, 0.15) is 79.0 Å². The Bertz CT molecular complexity index is 1020. The Morgan fingerprint density at radius 3 is 2.00 bits per heavy atom. The summed E-state index contributed by atoms with van der Waals surface area (Å²) < 4.78 is 64.8. The van der Waals surface area contributed by atoms with Crippen molar-refractivity contribution in [3.63, 3.8) is 0 Å². The van der Waals surface area contributed by atoms with Gasteiger partial charge in [0.05, 0.1) is 11.1 Å². The summed E-state index contributed by atoms with van der Waals surface area (Å²) in [6.45, 7) is 0.300. The van der Waals surface area contributed by atoms with Crippen molar-refractivity contribution >= 4 is 17.9 Å². The van der Waals surface area contributed by atoms with Crippen molar-refractivity contribution < 1.29 is 46.2 Å². The lowest BCUT2D eigenvalue weighted by Crippen LogP contribution is -2.21. The van der Waals surface area contributed by atoms with Gasteiger partial charge >= 0.3 is 24.1 Å². The van der Waals surface area contributed by atoms with E-state index in [0.717, 1.165) is 37.8 Å². The molecular weight excluding hydrogens is 484 g/mol. The predicted octanol–water partition coefficient (Wildman–Crippen LogP) is 6.81. The van der Waals surface area contributed by atoms with Gasteiger partial charge in [0.1, 0.15) is 17.3 Å². The predicted molar refractivity (Wildman–Crippen MR) is 122 cm³/mol. The van der Waals surface area contributed by atoms with E-state index in [2.05, 4.69) is 11.7 Å². The highest BCUT2D eigenvalue weighted by atomic mass is 19.4. The summed E-state index contributed by atoms with van der Waals surface area (Å²) in [5, 5.41) is 0. The number of benzene rings is 2. The van der Waals surface area contributed by atoms with E-state index in [1.54, 1.807) is 0 Å². The molecule has 0 aromatic heterocycles. The largest absolute Gasteiger partial charge is 0.452 e. The molecule has 36 heavy (non-hydrogen) atoms. The third-order valence-electron chi connectivity index (χ3n) is 5.04. The van der Waals surface area contributed by atoms with Gasteiger partial charge in [0.25, 0.3) is 0 Å². The Kier molecular flexibility index (Phi) is 11.4.